The average molecular weight is 275 g/mol. The number of hydrogen-bond donors (Lipinski definition) is 1. The molecule has 20 heavy (non-hydrogen) atoms. The van der Waals surface area contributed by atoms with E-state index in [-0.39, 0.29) is 0 Å². The Morgan fingerprint density at radius 2 is 2.00 bits per heavy atom. The van der Waals surface area contributed by atoms with Gasteiger partial charge in [-0.3, -0.25) is 0 Å². The van der Waals surface area contributed by atoms with Crippen LogP contribution in [-0.2, 0) is 0 Å². The van der Waals surface area contributed by atoms with Crippen molar-refractivity contribution in [3.8, 4) is 5.75 Å². The Morgan fingerprint density at radius 1 is 1.30 bits per heavy atom. The fourth-order valence-corrected chi connectivity index (χ4v) is 2.96. The number of rotatable bonds is 5. The molecule has 0 saturated heterocycles. The van der Waals surface area contributed by atoms with Gasteiger partial charge in [-0.2, -0.15) is 0 Å². The molecule has 112 valence electrons. The van der Waals surface area contributed by atoms with E-state index in [1.54, 1.807) is 0 Å². The second-order valence-electron chi connectivity index (χ2n) is 6.83. The van der Waals surface area contributed by atoms with E-state index in [2.05, 4.69) is 57.3 Å². The van der Waals surface area contributed by atoms with Gasteiger partial charge < -0.3 is 10.1 Å². The molecule has 0 bridgehead atoms. The molecule has 1 aromatic rings. The standard InChI is InChI=1S/C18H29NO/c1-5-19-14(2)15-7-6-8-17(13-15)20-16-9-11-18(3,4)12-10-16/h6-8,13-14,16,19H,5,9-12H2,1-4H3. The Balaban J connectivity index is 1.95. The van der Waals surface area contributed by atoms with Crippen LogP contribution in [0.5, 0.6) is 5.75 Å². The topological polar surface area (TPSA) is 21.3 Å². The molecule has 1 unspecified atom stereocenters. The number of hydrogen-bond acceptors (Lipinski definition) is 2. The molecule has 1 aromatic carbocycles. The molecule has 0 aliphatic heterocycles. The Morgan fingerprint density at radius 3 is 2.65 bits per heavy atom. The molecule has 1 aliphatic carbocycles. The Hall–Kier alpha value is -1.02. The molecule has 1 atom stereocenters. The van der Waals surface area contributed by atoms with Gasteiger partial charge in [0.15, 0.2) is 0 Å². The molecular weight excluding hydrogens is 246 g/mol. The van der Waals surface area contributed by atoms with Gasteiger partial charge in [0, 0.05) is 6.04 Å². The van der Waals surface area contributed by atoms with Crippen molar-refractivity contribution in [2.75, 3.05) is 6.54 Å². The lowest BCUT2D eigenvalue weighted by molar-refractivity contribution is 0.0987. The maximum Gasteiger partial charge on any atom is 0.120 e. The smallest absolute Gasteiger partial charge is 0.120 e. The van der Waals surface area contributed by atoms with Crippen molar-refractivity contribution in [1.29, 1.82) is 0 Å². The minimum atomic E-state index is 0.383. The molecule has 1 N–H and O–H groups in total. The van der Waals surface area contributed by atoms with Crippen molar-refractivity contribution in [3.05, 3.63) is 29.8 Å². The van der Waals surface area contributed by atoms with Crippen LogP contribution in [0, 0.1) is 5.41 Å². The Kier molecular flexibility index (Phi) is 5.09. The van der Waals surface area contributed by atoms with E-state index in [1.807, 2.05) is 0 Å². The first-order valence-corrected chi connectivity index (χ1v) is 8.00. The molecule has 1 aliphatic rings. The van der Waals surface area contributed by atoms with Crippen LogP contribution >= 0.6 is 0 Å². The summed E-state index contributed by atoms with van der Waals surface area (Å²) >= 11 is 0. The van der Waals surface area contributed by atoms with Gasteiger partial charge in [-0.1, -0.05) is 32.9 Å². The van der Waals surface area contributed by atoms with Crippen LogP contribution in [0.2, 0.25) is 0 Å². The van der Waals surface area contributed by atoms with Crippen molar-refractivity contribution in [2.45, 2.75) is 65.5 Å². The van der Waals surface area contributed by atoms with E-state index >= 15 is 0 Å². The van der Waals surface area contributed by atoms with Crippen LogP contribution < -0.4 is 10.1 Å². The molecule has 2 rings (SSSR count). The summed E-state index contributed by atoms with van der Waals surface area (Å²) in [4.78, 5) is 0. The largest absolute Gasteiger partial charge is 0.490 e. The van der Waals surface area contributed by atoms with Gasteiger partial charge in [0.05, 0.1) is 6.10 Å². The van der Waals surface area contributed by atoms with Crippen molar-refractivity contribution >= 4 is 0 Å². The van der Waals surface area contributed by atoms with Gasteiger partial charge in [0.25, 0.3) is 0 Å². The van der Waals surface area contributed by atoms with Crippen LogP contribution in [-0.4, -0.2) is 12.6 Å². The van der Waals surface area contributed by atoms with E-state index in [9.17, 15) is 0 Å². The fraction of sp³-hybridized carbons (Fsp3) is 0.667. The van der Waals surface area contributed by atoms with Crippen LogP contribution in [0.3, 0.4) is 0 Å². The molecule has 0 heterocycles. The summed E-state index contributed by atoms with van der Waals surface area (Å²) in [7, 11) is 0. The monoisotopic (exact) mass is 275 g/mol. The number of ether oxygens (including phenoxy) is 1. The van der Waals surface area contributed by atoms with Crippen molar-refractivity contribution in [3.63, 3.8) is 0 Å². The summed E-state index contributed by atoms with van der Waals surface area (Å²) in [5.74, 6) is 1.02. The molecule has 0 amide bonds. The average Bonchev–Trinajstić information content (AvgIpc) is 2.42. The van der Waals surface area contributed by atoms with Gasteiger partial charge in [-0.05, 0) is 62.3 Å². The van der Waals surface area contributed by atoms with E-state index < -0.39 is 0 Å². The molecule has 1 saturated carbocycles. The number of nitrogens with one attached hydrogen (secondary N) is 1. The normalized spacial score (nSPS) is 20.6. The summed E-state index contributed by atoms with van der Waals surface area (Å²) in [5.41, 5.74) is 1.81. The van der Waals surface area contributed by atoms with Crippen LogP contribution in [0.1, 0.15) is 65.0 Å². The minimum Gasteiger partial charge on any atom is -0.490 e. The zero-order valence-electron chi connectivity index (χ0n) is 13.4. The quantitative estimate of drug-likeness (QED) is 0.840. The fourth-order valence-electron chi connectivity index (χ4n) is 2.96. The third-order valence-corrected chi connectivity index (χ3v) is 4.46. The third-order valence-electron chi connectivity index (χ3n) is 4.46. The zero-order chi connectivity index (χ0) is 14.6. The van der Waals surface area contributed by atoms with Crippen molar-refractivity contribution in [2.24, 2.45) is 5.41 Å². The molecule has 2 nitrogen and oxygen atoms in total. The minimum absolute atomic E-state index is 0.383. The zero-order valence-corrected chi connectivity index (χ0v) is 13.4. The first-order chi connectivity index (χ1) is 9.50. The van der Waals surface area contributed by atoms with Crippen molar-refractivity contribution in [1.82, 2.24) is 5.32 Å². The predicted molar refractivity (Wildman–Crippen MR) is 85.2 cm³/mol. The molecule has 1 fully saturated rings. The van der Waals surface area contributed by atoms with Gasteiger partial charge in [-0.25, -0.2) is 0 Å². The first kappa shape index (κ1) is 15.4. The van der Waals surface area contributed by atoms with Crippen LogP contribution in [0.15, 0.2) is 24.3 Å². The van der Waals surface area contributed by atoms with Gasteiger partial charge in [0.2, 0.25) is 0 Å². The van der Waals surface area contributed by atoms with Gasteiger partial charge in [0.1, 0.15) is 5.75 Å². The lowest BCUT2D eigenvalue weighted by Gasteiger charge is -2.34. The summed E-state index contributed by atoms with van der Waals surface area (Å²) in [6.45, 7) is 10.1. The number of benzene rings is 1. The highest BCUT2D eigenvalue weighted by Gasteiger charge is 2.27. The Bertz CT molecular complexity index is 417. The van der Waals surface area contributed by atoms with E-state index in [1.165, 1.54) is 31.2 Å². The highest BCUT2D eigenvalue weighted by atomic mass is 16.5. The van der Waals surface area contributed by atoms with Crippen LogP contribution in [0.25, 0.3) is 0 Å². The summed E-state index contributed by atoms with van der Waals surface area (Å²) in [6, 6.07) is 8.93. The summed E-state index contributed by atoms with van der Waals surface area (Å²) < 4.78 is 6.19. The Labute approximate surface area is 123 Å². The van der Waals surface area contributed by atoms with Gasteiger partial charge in [-0.15, -0.1) is 0 Å². The van der Waals surface area contributed by atoms with E-state index in [0.717, 1.165) is 12.3 Å². The van der Waals surface area contributed by atoms with E-state index in [4.69, 9.17) is 4.74 Å². The van der Waals surface area contributed by atoms with Gasteiger partial charge >= 0.3 is 0 Å². The molecule has 0 aromatic heterocycles. The van der Waals surface area contributed by atoms with Crippen molar-refractivity contribution < 1.29 is 4.74 Å². The molecule has 0 spiro atoms. The second kappa shape index (κ2) is 6.62. The summed E-state index contributed by atoms with van der Waals surface area (Å²) in [6.07, 6.45) is 5.30. The second-order valence-corrected chi connectivity index (χ2v) is 6.83. The maximum absolute atomic E-state index is 6.19. The van der Waals surface area contributed by atoms with E-state index in [0.29, 0.717) is 17.6 Å². The molecular formula is C18H29NO. The molecule has 0 radical (unpaired) electrons. The van der Waals surface area contributed by atoms with Crippen LogP contribution in [0.4, 0.5) is 0 Å². The maximum atomic E-state index is 6.19. The summed E-state index contributed by atoms with van der Waals surface area (Å²) in [5, 5.41) is 3.45. The molecule has 2 heteroatoms. The highest BCUT2D eigenvalue weighted by molar-refractivity contribution is 5.30. The lowest BCUT2D eigenvalue weighted by Crippen LogP contribution is -2.28. The highest BCUT2D eigenvalue weighted by Crippen LogP contribution is 2.36. The lowest BCUT2D eigenvalue weighted by atomic mass is 9.76. The third kappa shape index (κ3) is 4.24. The first-order valence-electron chi connectivity index (χ1n) is 8.00. The predicted octanol–water partition coefficient (Wildman–Crippen LogP) is 4.70. The SMILES string of the molecule is CCNC(C)c1cccc(OC2CCC(C)(C)CC2)c1.